The van der Waals surface area contributed by atoms with Crippen LogP contribution in [-0.2, 0) is 22.0 Å². The van der Waals surface area contributed by atoms with Crippen LogP contribution < -0.4 is 0 Å². The van der Waals surface area contributed by atoms with Crippen molar-refractivity contribution in [2.24, 2.45) is 5.92 Å². The van der Waals surface area contributed by atoms with Crippen molar-refractivity contribution in [1.82, 2.24) is 19.9 Å². The molecule has 4 rings (SSSR count). The van der Waals surface area contributed by atoms with Crippen molar-refractivity contribution in [3.8, 4) is 0 Å². The van der Waals surface area contributed by atoms with E-state index < -0.39 is 12.0 Å². The molecule has 2 atom stereocenters. The summed E-state index contributed by atoms with van der Waals surface area (Å²) in [5, 5.41) is 8.64. The van der Waals surface area contributed by atoms with Crippen LogP contribution in [0.3, 0.4) is 0 Å². The molecule has 32 heavy (non-hydrogen) atoms. The second kappa shape index (κ2) is 8.90. The Balaban J connectivity index is 1.86. The summed E-state index contributed by atoms with van der Waals surface area (Å²) in [6, 6.07) is 10.2. The molecule has 0 spiro atoms. The van der Waals surface area contributed by atoms with Gasteiger partial charge >= 0.3 is 6.09 Å². The van der Waals surface area contributed by atoms with Crippen molar-refractivity contribution in [1.29, 1.82) is 0 Å². The van der Waals surface area contributed by atoms with E-state index >= 15 is 0 Å². The normalized spacial score (nSPS) is 15.8. The van der Waals surface area contributed by atoms with Crippen LogP contribution in [0.1, 0.15) is 47.6 Å². The lowest BCUT2D eigenvalue weighted by atomic mass is 9.78. The number of carbonyl (C=O) groups excluding carboxylic acids is 2. The predicted molar refractivity (Wildman–Crippen MR) is 123 cm³/mol. The zero-order valence-corrected chi connectivity index (χ0v) is 19.5. The smallest absolute Gasteiger partial charge is 0.416 e. The summed E-state index contributed by atoms with van der Waals surface area (Å²) in [7, 11) is 0. The average Bonchev–Trinajstić information content (AvgIpc) is 3.42. The van der Waals surface area contributed by atoms with E-state index in [1.54, 1.807) is 0 Å². The average molecular weight is 455 g/mol. The Kier molecular flexibility index (Phi) is 6.20. The Labute approximate surface area is 192 Å². The van der Waals surface area contributed by atoms with Crippen LogP contribution in [0.5, 0.6) is 0 Å². The Morgan fingerprint density at radius 3 is 2.69 bits per heavy atom. The molecule has 2 heterocycles. The fraction of sp³-hybridized carbons (Fsp3) is 0.417. The third-order valence-electron chi connectivity index (χ3n) is 6.41. The van der Waals surface area contributed by atoms with Gasteiger partial charge in [0.05, 0.1) is 12.1 Å². The number of cyclic esters (lactones) is 1. The molecule has 0 N–H and O–H groups in total. The first-order valence-corrected chi connectivity index (χ1v) is 11.4. The number of ether oxygens (including phenoxy) is 1. The van der Waals surface area contributed by atoms with Crippen LogP contribution in [0.4, 0.5) is 4.79 Å². The van der Waals surface area contributed by atoms with Gasteiger partial charge in [0.25, 0.3) is 0 Å². The zero-order valence-electron chi connectivity index (χ0n) is 18.8. The van der Waals surface area contributed by atoms with E-state index in [-0.39, 0.29) is 25.0 Å². The number of imide groups is 1. The van der Waals surface area contributed by atoms with E-state index in [0.717, 1.165) is 45.4 Å². The van der Waals surface area contributed by atoms with Gasteiger partial charge in [-0.3, -0.25) is 4.79 Å². The molecule has 0 radical (unpaired) electrons. The highest BCUT2D eigenvalue weighted by atomic mass is 35.5. The summed E-state index contributed by atoms with van der Waals surface area (Å²) >= 11 is 6.19. The molecule has 7 nitrogen and oxygen atoms in total. The third-order valence-corrected chi connectivity index (χ3v) is 6.70. The Morgan fingerprint density at radius 2 is 2.03 bits per heavy atom. The number of carbonyl (C=O) groups is 2. The van der Waals surface area contributed by atoms with E-state index in [1.807, 2.05) is 56.6 Å². The number of nitrogens with zero attached hydrogens (tertiary/aromatic N) is 4. The maximum atomic E-state index is 13.4. The van der Waals surface area contributed by atoms with E-state index in [1.165, 1.54) is 4.90 Å². The van der Waals surface area contributed by atoms with Crippen molar-refractivity contribution in [3.05, 3.63) is 58.1 Å². The zero-order chi connectivity index (χ0) is 23.0. The summed E-state index contributed by atoms with van der Waals surface area (Å²) in [6.45, 7) is 9.15. The van der Waals surface area contributed by atoms with Crippen LogP contribution in [0, 0.1) is 19.8 Å². The number of rotatable bonds is 6. The van der Waals surface area contributed by atoms with Gasteiger partial charge in [0.1, 0.15) is 12.1 Å². The molecule has 0 bridgehead atoms. The van der Waals surface area contributed by atoms with Gasteiger partial charge in [-0.05, 0) is 54.7 Å². The van der Waals surface area contributed by atoms with Crippen LogP contribution >= 0.6 is 11.6 Å². The highest BCUT2D eigenvalue weighted by Gasteiger charge is 2.37. The molecule has 2 amide bonds. The molecule has 1 fully saturated rings. The number of aromatic nitrogens is 3. The summed E-state index contributed by atoms with van der Waals surface area (Å²) in [4.78, 5) is 26.6. The highest BCUT2D eigenvalue weighted by Crippen LogP contribution is 2.38. The van der Waals surface area contributed by atoms with Gasteiger partial charge in [-0.15, -0.1) is 16.7 Å². The largest absolute Gasteiger partial charge is 0.447 e. The Morgan fingerprint density at radius 1 is 1.25 bits per heavy atom. The molecule has 1 aliphatic heterocycles. The fourth-order valence-electron chi connectivity index (χ4n) is 4.50. The van der Waals surface area contributed by atoms with Crippen molar-refractivity contribution in [2.45, 2.75) is 46.0 Å². The topological polar surface area (TPSA) is 77.3 Å². The number of amides is 2. The molecule has 3 aromatic rings. The van der Waals surface area contributed by atoms with E-state index in [0.29, 0.717) is 5.88 Å². The first-order chi connectivity index (χ1) is 15.4. The van der Waals surface area contributed by atoms with E-state index in [9.17, 15) is 9.59 Å². The van der Waals surface area contributed by atoms with Crippen LogP contribution in [-0.4, -0.2) is 45.0 Å². The number of aryl methyl sites for hydroxylation is 3. The van der Waals surface area contributed by atoms with Crippen LogP contribution in [0.25, 0.3) is 11.0 Å². The highest BCUT2D eigenvalue weighted by molar-refractivity contribution is 6.17. The molecule has 0 aliphatic carbocycles. The van der Waals surface area contributed by atoms with Crippen molar-refractivity contribution in [3.63, 3.8) is 0 Å². The molecule has 8 heteroatoms. The standard InChI is InChI=1S/C24H27ClN4O3/c1-5-29-20-9-8-19(15(3)22(20)26-27-29)21(17-7-6-14(2)18(12-17)13-25)16(4)23(30)28-10-11-32-24(28)31/h6-9,12,16,21H,5,10-11,13H2,1-4H3/t16-,21+/m1/s1. The van der Waals surface area contributed by atoms with E-state index in [2.05, 4.69) is 16.4 Å². The van der Waals surface area contributed by atoms with Crippen molar-refractivity contribution < 1.29 is 14.3 Å². The Hall–Kier alpha value is -2.93. The molecule has 0 unspecified atom stereocenters. The molecule has 1 saturated heterocycles. The summed E-state index contributed by atoms with van der Waals surface area (Å²) < 4.78 is 6.86. The number of hydrogen-bond acceptors (Lipinski definition) is 5. The molecule has 2 aromatic carbocycles. The summed E-state index contributed by atoms with van der Waals surface area (Å²) in [5.41, 5.74) is 6.83. The molecular weight excluding hydrogens is 428 g/mol. The van der Waals surface area contributed by atoms with Crippen LogP contribution in [0.2, 0.25) is 0 Å². The maximum absolute atomic E-state index is 13.4. The van der Waals surface area contributed by atoms with Crippen LogP contribution in [0.15, 0.2) is 30.3 Å². The minimum absolute atomic E-state index is 0.230. The SMILES string of the molecule is CCn1nnc2c(C)c([C@H](c3ccc(C)c(CCl)c3)[C@@H](C)C(=O)N3CCOC3=O)ccc21. The van der Waals surface area contributed by atoms with Gasteiger partial charge in [-0.2, -0.15) is 0 Å². The first kappa shape index (κ1) is 22.3. The minimum atomic E-state index is -0.580. The third kappa shape index (κ3) is 3.75. The lowest BCUT2D eigenvalue weighted by Gasteiger charge is -2.28. The first-order valence-electron chi connectivity index (χ1n) is 10.8. The number of fused-ring (bicyclic) bond motifs is 1. The quantitative estimate of drug-likeness (QED) is 0.510. The summed E-state index contributed by atoms with van der Waals surface area (Å²) in [6.07, 6.45) is -0.580. The Bertz CT molecular complexity index is 1190. The van der Waals surface area contributed by atoms with Gasteiger partial charge in [0, 0.05) is 24.3 Å². The number of hydrogen-bond donors (Lipinski definition) is 0. The van der Waals surface area contributed by atoms with Gasteiger partial charge in [0.2, 0.25) is 5.91 Å². The lowest BCUT2D eigenvalue weighted by Crippen LogP contribution is -2.38. The predicted octanol–water partition coefficient (Wildman–Crippen LogP) is 4.55. The number of alkyl halides is 1. The second-order valence-corrected chi connectivity index (χ2v) is 8.51. The van der Waals surface area contributed by atoms with E-state index in [4.69, 9.17) is 16.3 Å². The van der Waals surface area contributed by atoms with Crippen molar-refractivity contribution in [2.75, 3.05) is 13.2 Å². The lowest BCUT2D eigenvalue weighted by molar-refractivity contribution is -0.131. The summed E-state index contributed by atoms with van der Waals surface area (Å²) in [5.74, 6) is -0.642. The maximum Gasteiger partial charge on any atom is 0.416 e. The minimum Gasteiger partial charge on any atom is -0.447 e. The molecule has 1 aromatic heterocycles. The molecule has 168 valence electrons. The van der Waals surface area contributed by atoms with Crippen molar-refractivity contribution >= 4 is 34.6 Å². The number of benzene rings is 2. The van der Waals surface area contributed by atoms with Gasteiger partial charge < -0.3 is 4.74 Å². The van der Waals surface area contributed by atoms with Gasteiger partial charge in [-0.25, -0.2) is 14.4 Å². The monoisotopic (exact) mass is 454 g/mol. The van der Waals surface area contributed by atoms with Gasteiger partial charge in [-0.1, -0.05) is 36.4 Å². The fourth-order valence-corrected chi connectivity index (χ4v) is 4.79. The second-order valence-electron chi connectivity index (χ2n) is 8.24. The number of halogens is 1. The van der Waals surface area contributed by atoms with Gasteiger partial charge in [0.15, 0.2) is 0 Å². The molecular formula is C24H27ClN4O3. The molecule has 1 aliphatic rings. The molecule has 0 saturated carbocycles.